The maximum Gasteiger partial charge on any atom is 0.0902 e. The predicted molar refractivity (Wildman–Crippen MR) is 31.4 cm³/mol. The molecule has 0 amide bonds. The highest BCUT2D eigenvalue weighted by molar-refractivity contribution is 5.77. The Balaban J connectivity index is 0. The zero-order valence-corrected chi connectivity index (χ0v) is 4.97. The van der Waals surface area contributed by atoms with Gasteiger partial charge in [0.05, 0.1) is 5.84 Å². The quantitative estimate of drug-likeness (QED) is 0.324. The molecule has 0 aromatic rings. The Morgan fingerprint density at radius 2 is 1.71 bits per heavy atom. The van der Waals surface area contributed by atoms with Gasteiger partial charge in [-0.25, -0.2) is 0 Å². The third kappa shape index (κ3) is 31.2. The minimum Gasteiger partial charge on any atom is -0.400 e. The van der Waals surface area contributed by atoms with Crippen LogP contribution >= 0.6 is 0 Å². The van der Waals surface area contributed by atoms with Crippen LogP contribution in [0.1, 0.15) is 6.92 Å². The van der Waals surface area contributed by atoms with Crippen molar-refractivity contribution in [3.63, 3.8) is 0 Å². The molecule has 0 fully saturated rings. The fourth-order valence-electron chi connectivity index (χ4n) is 0. The van der Waals surface area contributed by atoms with E-state index in [0.29, 0.717) is 5.84 Å². The van der Waals surface area contributed by atoms with Crippen molar-refractivity contribution in [1.82, 2.24) is 0 Å². The number of aliphatic hydroxyl groups excluding tert-OH is 1. The molecule has 0 unspecified atom stereocenters. The number of amidine groups is 1. The highest BCUT2D eigenvalue weighted by atomic mass is 16.2. The van der Waals surface area contributed by atoms with Crippen LogP contribution in [-0.4, -0.2) is 25.1 Å². The Bertz CT molecular complexity index is 47.7. The van der Waals surface area contributed by atoms with Crippen molar-refractivity contribution in [2.45, 2.75) is 6.92 Å². The molecule has 0 saturated carbocycles. The van der Waals surface area contributed by atoms with Gasteiger partial charge in [-0.05, 0) is 6.92 Å². The number of nitrogens with zero attached hydrogens (tertiary/aromatic N) is 1. The standard InChI is InChI=1S/C3H8N2.CH4O/c1-3(4)5-2;1-2/h1-2H3,(H2,4,5);2H,1H3. The van der Waals surface area contributed by atoms with E-state index in [1.54, 1.807) is 14.0 Å². The van der Waals surface area contributed by atoms with Crippen molar-refractivity contribution < 1.29 is 5.11 Å². The average Bonchev–Trinajstić information content (AvgIpc) is 1.73. The van der Waals surface area contributed by atoms with Crippen molar-refractivity contribution in [1.29, 1.82) is 0 Å². The van der Waals surface area contributed by atoms with Gasteiger partial charge in [-0.1, -0.05) is 0 Å². The second-order valence-electron chi connectivity index (χ2n) is 0.865. The molecule has 0 aliphatic rings. The van der Waals surface area contributed by atoms with Gasteiger partial charge in [-0.2, -0.15) is 0 Å². The smallest absolute Gasteiger partial charge is 0.0902 e. The van der Waals surface area contributed by atoms with Crippen LogP contribution < -0.4 is 5.73 Å². The Labute approximate surface area is 43.9 Å². The summed E-state index contributed by atoms with van der Waals surface area (Å²) in [6.07, 6.45) is 0. The van der Waals surface area contributed by atoms with Crippen molar-refractivity contribution >= 4 is 5.84 Å². The SMILES string of the molecule is CN=C(C)N.CO. The first kappa shape index (κ1) is 9.66. The van der Waals surface area contributed by atoms with Crippen LogP contribution in [0.3, 0.4) is 0 Å². The molecule has 0 rings (SSSR count). The average molecular weight is 104 g/mol. The lowest BCUT2D eigenvalue weighted by atomic mass is 10.7. The number of aliphatic imine (C=N–C) groups is 1. The van der Waals surface area contributed by atoms with E-state index >= 15 is 0 Å². The van der Waals surface area contributed by atoms with Gasteiger partial charge >= 0.3 is 0 Å². The van der Waals surface area contributed by atoms with Crippen LogP contribution in [0.15, 0.2) is 4.99 Å². The van der Waals surface area contributed by atoms with Gasteiger partial charge in [-0.15, -0.1) is 0 Å². The zero-order chi connectivity index (χ0) is 6.28. The molecular weight excluding hydrogens is 92.1 g/mol. The largest absolute Gasteiger partial charge is 0.400 e. The lowest BCUT2D eigenvalue weighted by Crippen LogP contribution is -2.03. The zero-order valence-electron chi connectivity index (χ0n) is 4.97. The van der Waals surface area contributed by atoms with Crippen molar-refractivity contribution in [3.05, 3.63) is 0 Å². The third-order valence-corrected chi connectivity index (χ3v) is 0.353. The van der Waals surface area contributed by atoms with Crippen LogP contribution in [0.5, 0.6) is 0 Å². The summed E-state index contributed by atoms with van der Waals surface area (Å²) >= 11 is 0. The molecule has 0 saturated heterocycles. The first-order valence-corrected chi connectivity index (χ1v) is 1.91. The number of hydrogen-bond donors (Lipinski definition) is 2. The van der Waals surface area contributed by atoms with E-state index in [-0.39, 0.29) is 0 Å². The van der Waals surface area contributed by atoms with Gasteiger partial charge in [0.1, 0.15) is 0 Å². The minimum atomic E-state index is 0.630. The topological polar surface area (TPSA) is 58.6 Å². The molecule has 0 spiro atoms. The molecular formula is C4H12N2O. The first-order valence-electron chi connectivity index (χ1n) is 1.91. The summed E-state index contributed by atoms with van der Waals surface area (Å²) in [4.78, 5) is 3.58. The summed E-state index contributed by atoms with van der Waals surface area (Å²) in [5, 5.41) is 7.00. The number of aliphatic hydroxyl groups is 1. The summed E-state index contributed by atoms with van der Waals surface area (Å²) in [7, 11) is 2.66. The van der Waals surface area contributed by atoms with E-state index in [0.717, 1.165) is 7.11 Å². The molecule has 0 atom stereocenters. The molecule has 3 N–H and O–H groups in total. The fraction of sp³-hybridized carbons (Fsp3) is 0.750. The predicted octanol–water partition coefficient (Wildman–Crippen LogP) is -0.398. The van der Waals surface area contributed by atoms with Crippen LogP contribution in [0.4, 0.5) is 0 Å². The van der Waals surface area contributed by atoms with Gasteiger partial charge in [0.2, 0.25) is 0 Å². The summed E-state index contributed by atoms with van der Waals surface area (Å²) in [6.45, 7) is 1.75. The molecule has 44 valence electrons. The third-order valence-electron chi connectivity index (χ3n) is 0.353. The van der Waals surface area contributed by atoms with Crippen LogP contribution in [-0.2, 0) is 0 Å². The Morgan fingerprint density at radius 3 is 1.71 bits per heavy atom. The van der Waals surface area contributed by atoms with E-state index < -0.39 is 0 Å². The summed E-state index contributed by atoms with van der Waals surface area (Å²) in [6, 6.07) is 0. The lowest BCUT2D eigenvalue weighted by molar-refractivity contribution is 0.399. The van der Waals surface area contributed by atoms with E-state index in [9.17, 15) is 0 Å². The van der Waals surface area contributed by atoms with Crippen molar-refractivity contribution in [3.8, 4) is 0 Å². The van der Waals surface area contributed by atoms with Crippen LogP contribution in [0, 0.1) is 0 Å². The number of hydrogen-bond acceptors (Lipinski definition) is 2. The molecule has 0 bridgehead atoms. The second kappa shape index (κ2) is 9.06. The van der Waals surface area contributed by atoms with E-state index in [1.807, 2.05) is 0 Å². The monoisotopic (exact) mass is 104 g/mol. The molecule has 0 aromatic carbocycles. The Hall–Kier alpha value is -0.570. The normalized spacial score (nSPS) is 9.43. The highest BCUT2D eigenvalue weighted by Crippen LogP contribution is 1.52. The van der Waals surface area contributed by atoms with Crippen molar-refractivity contribution in [2.75, 3.05) is 14.2 Å². The van der Waals surface area contributed by atoms with Gasteiger partial charge in [0, 0.05) is 14.2 Å². The van der Waals surface area contributed by atoms with Crippen LogP contribution in [0.2, 0.25) is 0 Å². The van der Waals surface area contributed by atoms with Gasteiger partial charge in [0.15, 0.2) is 0 Å². The molecule has 3 heteroatoms. The van der Waals surface area contributed by atoms with E-state index in [4.69, 9.17) is 10.8 Å². The molecule has 7 heavy (non-hydrogen) atoms. The highest BCUT2D eigenvalue weighted by Gasteiger charge is 1.61. The molecule has 3 nitrogen and oxygen atoms in total. The molecule has 0 radical (unpaired) electrons. The van der Waals surface area contributed by atoms with Gasteiger partial charge in [-0.3, -0.25) is 4.99 Å². The Kier molecular flexibility index (Phi) is 12.5. The first-order chi connectivity index (χ1) is 3.27. The Morgan fingerprint density at radius 1 is 1.57 bits per heavy atom. The number of rotatable bonds is 0. The maximum atomic E-state index is 7.00. The van der Waals surface area contributed by atoms with Crippen molar-refractivity contribution in [2.24, 2.45) is 10.7 Å². The number of nitrogens with two attached hydrogens (primary N) is 1. The van der Waals surface area contributed by atoms with Crippen LogP contribution in [0.25, 0.3) is 0 Å². The molecule has 0 aromatic heterocycles. The minimum absolute atomic E-state index is 0.630. The maximum absolute atomic E-state index is 7.00. The summed E-state index contributed by atoms with van der Waals surface area (Å²) < 4.78 is 0. The molecule has 0 heterocycles. The van der Waals surface area contributed by atoms with E-state index in [2.05, 4.69) is 4.99 Å². The second-order valence-corrected chi connectivity index (χ2v) is 0.865. The van der Waals surface area contributed by atoms with E-state index in [1.165, 1.54) is 0 Å². The molecule has 0 aliphatic carbocycles. The fourth-order valence-corrected chi connectivity index (χ4v) is 0. The van der Waals surface area contributed by atoms with Gasteiger partial charge < -0.3 is 10.8 Å². The molecule has 0 aliphatic heterocycles. The summed E-state index contributed by atoms with van der Waals surface area (Å²) in [5.41, 5.74) is 5.04. The van der Waals surface area contributed by atoms with Gasteiger partial charge in [0.25, 0.3) is 0 Å². The summed E-state index contributed by atoms with van der Waals surface area (Å²) in [5.74, 6) is 0.630. The lowest BCUT2D eigenvalue weighted by Gasteiger charge is -1.76.